The molecule has 0 aromatic carbocycles. The van der Waals surface area contributed by atoms with Crippen LogP contribution in [-0.4, -0.2) is 311 Å². The van der Waals surface area contributed by atoms with Crippen LogP contribution in [-0.2, 0) is 28.8 Å². The van der Waals surface area contributed by atoms with E-state index in [1.54, 1.807) is 6.92 Å². The Hall–Kier alpha value is -3.14. The standard InChI is InChI=1S/2C8H17N.2C7H17N.C6H13N.2C6H15N.2C5H12N2O.C5H13NO.2C5H13N.C4H11NO.4C4H11N.C3H9N.C2H7N.2CO2/c2*1-7-5-3-4-6-8(7)9-2;1-6(2)5-7(3)8-4;1-5-6(2)7(3)8-4;1-6(7-2)4-3-5-6;2*1-5(2)6(3)7-4;2*1-5(6-2)3-7-4-8;1-4(6-3)5(2)7;1-5(2,3)6-4;1-4-5(2)6-3;1-4(3-6)5-2;3*1-4(2)5-3;1-3-4-5-2;1-3-4-2;1-3-2;2*2-1-3/h2*7-9H,3-6H2,1-2H3;2*6-8H,5H2,1-4H3;7H,3-5H2,1-2H3;2*5-7H,1-4H3;2*4-6H,3H2,1-2H3,(H,7,8);4-7H,1-3H3;6H,1-4H3;5-6H,4H2,1-3H3;4-6H,3H2,1-2H3;3*4-5H,1-3H3;5H,3-4H2,1-2H3;4H,3H2,1-2H3;3H,1-2H3;;/t7-,8+;7-,8-;;;;;;;;;;;;;;;;;;;/m01.................../s1. The second kappa shape index (κ2) is 140. The van der Waals surface area contributed by atoms with Crippen molar-refractivity contribution in [2.45, 2.75) is 427 Å². The Labute approximate surface area is 807 Å². The predicted molar refractivity (Wildman–Crippen MR) is 575 cm³/mol. The molecule has 2 amide bonds. The minimum atomic E-state index is -0.245. The lowest BCUT2D eigenvalue weighted by molar-refractivity contribution is -0.193. The van der Waals surface area contributed by atoms with Gasteiger partial charge in [-0.1, -0.05) is 164 Å². The average molecular weight is 1870 g/mol. The smallest absolute Gasteiger partial charge is 0.373 e. The molecule has 3 aliphatic carbocycles. The van der Waals surface area contributed by atoms with Crippen LogP contribution in [0.3, 0.4) is 0 Å². The highest BCUT2D eigenvalue weighted by atomic mass is 16.3. The van der Waals surface area contributed by atoms with Gasteiger partial charge in [0.15, 0.2) is 0 Å². The van der Waals surface area contributed by atoms with E-state index in [0.717, 1.165) is 60.7 Å². The van der Waals surface area contributed by atoms with Crippen molar-refractivity contribution in [1.29, 1.82) is 0 Å². The molecule has 0 aliphatic heterocycles. The summed E-state index contributed by atoms with van der Waals surface area (Å²) in [5, 5.41) is 80.6. The van der Waals surface area contributed by atoms with E-state index in [2.05, 4.69) is 320 Å². The van der Waals surface area contributed by atoms with Gasteiger partial charge in [-0.3, -0.25) is 9.59 Å². The van der Waals surface area contributed by atoms with Crippen LogP contribution in [0.4, 0.5) is 0 Å². The van der Waals surface area contributed by atoms with Crippen LogP contribution in [0.5, 0.6) is 0 Å². The van der Waals surface area contributed by atoms with E-state index >= 15 is 0 Å². The van der Waals surface area contributed by atoms with Crippen molar-refractivity contribution >= 4 is 25.1 Å². The summed E-state index contributed by atoms with van der Waals surface area (Å²) in [6.07, 6.45) is 22.2. The van der Waals surface area contributed by atoms with Crippen LogP contribution in [0, 0.1) is 35.5 Å². The van der Waals surface area contributed by atoms with Gasteiger partial charge < -0.3 is 122 Å². The maximum Gasteiger partial charge on any atom is 0.373 e. The van der Waals surface area contributed by atoms with Crippen molar-refractivity contribution in [2.75, 3.05) is 174 Å². The lowest BCUT2D eigenvalue weighted by Crippen LogP contribution is -2.45. The summed E-state index contributed by atoms with van der Waals surface area (Å²) in [7, 11) is 39.0. The van der Waals surface area contributed by atoms with Crippen molar-refractivity contribution in [3.8, 4) is 0 Å². The third-order valence-corrected chi connectivity index (χ3v) is 21.6. The van der Waals surface area contributed by atoms with Crippen LogP contribution < -0.4 is 112 Å². The highest BCUT2D eigenvalue weighted by Gasteiger charge is 2.29. The van der Waals surface area contributed by atoms with Crippen LogP contribution >= 0.6 is 0 Å². The fraction of sp³-hybridized carbons (Fsp3) is 0.960. The summed E-state index contributed by atoms with van der Waals surface area (Å²) in [4.78, 5) is 51.9. The van der Waals surface area contributed by atoms with Crippen LogP contribution in [0.15, 0.2) is 0 Å². The van der Waals surface area contributed by atoms with Gasteiger partial charge in [-0.25, -0.2) is 0 Å². The van der Waals surface area contributed by atoms with Crippen LogP contribution in [0.2, 0.25) is 0 Å². The molecular weight excluding hydrogens is 1620 g/mol. The van der Waals surface area contributed by atoms with Gasteiger partial charge >= 0.3 is 12.3 Å². The van der Waals surface area contributed by atoms with Gasteiger partial charge in [-0.05, 0) is 351 Å². The van der Waals surface area contributed by atoms with Gasteiger partial charge in [-0.15, -0.1) is 0 Å². The molecular formula is C100H245N21O8. The van der Waals surface area contributed by atoms with Crippen molar-refractivity contribution in [1.82, 2.24) is 112 Å². The predicted octanol–water partition coefficient (Wildman–Crippen LogP) is 12.1. The number of carbonyl (C=O) groups excluding carboxylic acids is 6. The highest BCUT2D eigenvalue weighted by molar-refractivity contribution is 5.46. The third-order valence-electron chi connectivity index (χ3n) is 21.6. The second-order valence-electron chi connectivity index (χ2n) is 36.4. The average Bonchev–Trinajstić information content (AvgIpc) is 0.857. The molecule has 15 atom stereocenters. The number of hydrogen-bond donors (Lipinski definition) is 23. The van der Waals surface area contributed by atoms with Crippen LogP contribution in [0.1, 0.15) is 325 Å². The van der Waals surface area contributed by atoms with Crippen molar-refractivity contribution in [2.24, 2.45) is 35.5 Å². The quantitative estimate of drug-likeness (QED) is 0.0271. The molecule has 0 bridgehead atoms. The number of nitrogens with one attached hydrogen (secondary N) is 21. The fourth-order valence-electron chi connectivity index (χ4n) is 8.02. The van der Waals surface area contributed by atoms with Gasteiger partial charge in [0.25, 0.3) is 0 Å². The highest BCUT2D eigenvalue weighted by Crippen LogP contribution is 2.30. The second-order valence-corrected chi connectivity index (χ2v) is 36.4. The zero-order valence-corrected chi connectivity index (χ0v) is 96.3. The van der Waals surface area contributed by atoms with Crippen molar-refractivity contribution in [3.63, 3.8) is 0 Å². The summed E-state index contributed by atoms with van der Waals surface area (Å²) >= 11 is 0. The molecule has 29 nitrogen and oxygen atoms in total. The van der Waals surface area contributed by atoms with Gasteiger partial charge in [0.1, 0.15) is 0 Å². The number of carbonyl (C=O) groups is 2. The first-order chi connectivity index (χ1) is 60.1. The van der Waals surface area contributed by atoms with E-state index in [4.69, 9.17) is 29.4 Å². The molecule has 798 valence electrons. The molecule has 0 spiro atoms. The van der Waals surface area contributed by atoms with Gasteiger partial charge in [-0.2, -0.15) is 19.2 Å². The Morgan fingerprint density at radius 1 is 0.403 bits per heavy atom. The maximum atomic E-state index is 9.69. The number of hydrogen-bond acceptors (Lipinski definition) is 27. The molecule has 29 heteroatoms. The largest absolute Gasteiger partial charge is 0.395 e. The number of aliphatic hydroxyl groups is 2. The molecule has 3 rings (SSSR count). The summed E-state index contributed by atoms with van der Waals surface area (Å²) in [5.74, 6) is 4.94. The van der Waals surface area contributed by atoms with E-state index in [-0.39, 0.29) is 37.1 Å². The minimum Gasteiger partial charge on any atom is -0.395 e. The third kappa shape index (κ3) is 197. The fourth-order valence-corrected chi connectivity index (χ4v) is 8.02. The lowest BCUT2D eigenvalue weighted by atomic mass is 9.79. The molecule has 0 radical (unpaired) electrons. The van der Waals surface area contributed by atoms with E-state index in [0.29, 0.717) is 97.4 Å². The normalized spacial score (nSPS) is 16.7. The molecule has 3 aliphatic rings. The number of aliphatic hydroxyl groups excluding tert-OH is 2. The molecule has 0 heterocycles. The van der Waals surface area contributed by atoms with Crippen molar-refractivity contribution < 1.29 is 39.0 Å². The SMILES string of the molecule is CCC(C)C(C)NC.CCC(C)NC.CCCNC.CCNC.CNC.CNC(C)(C)C.CNC(C)C.CNC(C)C.CNC(C)C.CNC(C)C(C)C.CNC(C)C(C)C.CNC(C)C(C)O.CNC(C)CC(C)C.CNC(C)CNC=O.CNC(C)CNC=O.CNC(C)CO.CNC1(C)CCC1.CN[C@@H]1CCCC[C@@H]1C.CN[C@@H]1CCCC[C@H]1C.O=C=O.O=C=O. The summed E-state index contributed by atoms with van der Waals surface area (Å²) in [5.41, 5.74) is 0.806. The molecule has 23 N–H and O–H groups in total. The molecule has 0 aromatic heterocycles. The number of likely N-dealkylation sites (N-methyl/N-ethyl adjacent to an activating group) is 4. The Morgan fingerprint density at radius 2 is 0.682 bits per heavy atom. The summed E-state index contributed by atoms with van der Waals surface area (Å²) < 4.78 is 0. The summed E-state index contributed by atoms with van der Waals surface area (Å²) in [6.45, 7) is 74.6. The van der Waals surface area contributed by atoms with E-state index in [9.17, 15) is 9.59 Å². The molecule has 0 saturated heterocycles. The number of amides is 2. The molecule has 129 heavy (non-hydrogen) atoms. The van der Waals surface area contributed by atoms with E-state index in [1.807, 2.05) is 155 Å². The van der Waals surface area contributed by atoms with Gasteiger partial charge in [0, 0.05) is 109 Å². The zero-order valence-electron chi connectivity index (χ0n) is 96.3. The Kier molecular flexibility index (Phi) is 183. The maximum absolute atomic E-state index is 9.69. The lowest BCUT2D eigenvalue weighted by Gasteiger charge is -2.37. The first-order valence-electron chi connectivity index (χ1n) is 49.4. The Bertz CT molecular complexity index is 1820. The van der Waals surface area contributed by atoms with Crippen molar-refractivity contribution in [3.05, 3.63) is 0 Å². The first kappa shape index (κ1) is 169. The topological polar surface area (TPSA) is 396 Å². The Balaban J connectivity index is -0.0000000631. The first-order valence-corrected chi connectivity index (χ1v) is 49.4. The minimum absolute atomic E-state index is 0.208. The number of rotatable bonds is 33. The van der Waals surface area contributed by atoms with Crippen LogP contribution in [0.25, 0.3) is 0 Å². The van der Waals surface area contributed by atoms with Gasteiger partial charge in [0.2, 0.25) is 12.8 Å². The zero-order chi connectivity index (χ0) is 106. The van der Waals surface area contributed by atoms with E-state index < -0.39 is 0 Å². The molecule has 0 aromatic rings. The molecule has 3 saturated carbocycles. The van der Waals surface area contributed by atoms with E-state index in [1.165, 1.54) is 96.3 Å². The Morgan fingerprint density at radius 3 is 0.752 bits per heavy atom. The molecule has 11 unspecified atom stereocenters. The summed E-state index contributed by atoms with van der Waals surface area (Å²) in [6, 6.07) is 8.02. The molecule has 3 fully saturated rings. The monoisotopic (exact) mass is 1870 g/mol. The van der Waals surface area contributed by atoms with Gasteiger partial charge in [0.05, 0.1) is 12.7 Å².